The number of benzene rings is 1. The first-order valence-electron chi connectivity index (χ1n) is 12.1. The Labute approximate surface area is 189 Å². The highest BCUT2D eigenvalue weighted by Crippen LogP contribution is 2.31. The van der Waals surface area contributed by atoms with Crippen LogP contribution in [-0.2, 0) is 6.42 Å². The molecule has 0 bridgehead atoms. The van der Waals surface area contributed by atoms with E-state index in [0.29, 0.717) is 5.65 Å². The molecule has 1 saturated heterocycles. The first kappa shape index (κ1) is 21.1. The van der Waals surface area contributed by atoms with Crippen LogP contribution in [0, 0.1) is 12.8 Å². The fourth-order valence-corrected chi connectivity index (χ4v) is 5.17. The van der Waals surface area contributed by atoms with E-state index >= 15 is 0 Å². The average molecular weight is 432 g/mol. The van der Waals surface area contributed by atoms with Crippen molar-refractivity contribution in [1.29, 1.82) is 0 Å². The highest BCUT2D eigenvalue weighted by atomic mass is 16.2. The van der Waals surface area contributed by atoms with Gasteiger partial charge in [-0.05, 0) is 31.7 Å². The Hall–Kier alpha value is -2.73. The van der Waals surface area contributed by atoms with Crippen LogP contribution in [0.2, 0.25) is 0 Å². The lowest BCUT2D eigenvalue weighted by atomic mass is 9.85. The molecule has 0 spiro atoms. The molecule has 2 N–H and O–H groups in total. The summed E-state index contributed by atoms with van der Waals surface area (Å²) < 4.78 is 0. The molecule has 3 aromatic rings. The molecule has 0 radical (unpaired) electrons. The number of H-pyrrole nitrogens is 1. The molecule has 1 saturated carbocycles. The molecule has 0 atom stereocenters. The number of amides is 1. The van der Waals surface area contributed by atoms with E-state index in [9.17, 15) is 4.79 Å². The molecular formula is C26H33N5O. The van der Waals surface area contributed by atoms with E-state index in [2.05, 4.69) is 46.7 Å². The van der Waals surface area contributed by atoms with E-state index in [1.807, 2.05) is 11.0 Å². The summed E-state index contributed by atoms with van der Waals surface area (Å²) in [7, 11) is 0. The lowest BCUT2D eigenvalue weighted by Gasteiger charge is -2.28. The summed E-state index contributed by atoms with van der Waals surface area (Å²) in [6.45, 7) is 5.22. The number of hydrogen-bond acceptors (Lipinski definition) is 4. The molecule has 2 aromatic heterocycles. The second-order valence-corrected chi connectivity index (χ2v) is 9.41. The standard InChI is InChI=1S/C26H33N5O/c1-18-7-10-20(11-8-18)23-17-21(26(32)31-15-13-27-14-16-31)24-22(29-30-25(24)28-23)12-9-19-5-3-2-4-6-19/h7-8,10-11,17,19,27H,2-6,9,12-16H2,1H3,(H,28,29,30). The van der Waals surface area contributed by atoms with Crippen LogP contribution >= 0.6 is 0 Å². The Kier molecular flexibility index (Phi) is 6.21. The Morgan fingerprint density at radius 1 is 1.09 bits per heavy atom. The third kappa shape index (κ3) is 4.42. The second kappa shape index (κ2) is 9.41. The molecule has 1 aliphatic carbocycles. The smallest absolute Gasteiger partial charge is 0.254 e. The molecule has 6 heteroatoms. The second-order valence-electron chi connectivity index (χ2n) is 9.41. The number of piperazine rings is 1. The molecule has 32 heavy (non-hydrogen) atoms. The van der Waals surface area contributed by atoms with Gasteiger partial charge in [-0.2, -0.15) is 5.10 Å². The van der Waals surface area contributed by atoms with Gasteiger partial charge in [0, 0.05) is 37.4 Å². The van der Waals surface area contributed by atoms with Gasteiger partial charge in [-0.1, -0.05) is 61.9 Å². The summed E-state index contributed by atoms with van der Waals surface area (Å²) >= 11 is 0. The predicted molar refractivity (Wildman–Crippen MR) is 128 cm³/mol. The number of carbonyl (C=O) groups excluding carboxylic acids is 1. The van der Waals surface area contributed by atoms with E-state index in [0.717, 1.165) is 72.8 Å². The van der Waals surface area contributed by atoms with Crippen LogP contribution in [0.1, 0.15) is 60.1 Å². The number of nitrogens with one attached hydrogen (secondary N) is 2. The van der Waals surface area contributed by atoms with Gasteiger partial charge >= 0.3 is 0 Å². The van der Waals surface area contributed by atoms with Gasteiger partial charge in [-0.3, -0.25) is 9.89 Å². The average Bonchev–Trinajstić information content (AvgIpc) is 3.26. The van der Waals surface area contributed by atoms with E-state index in [1.54, 1.807) is 0 Å². The normalized spacial score (nSPS) is 17.7. The van der Waals surface area contributed by atoms with Crippen molar-refractivity contribution in [2.24, 2.45) is 5.92 Å². The minimum atomic E-state index is 0.0904. The number of rotatable bonds is 5. The van der Waals surface area contributed by atoms with E-state index < -0.39 is 0 Å². The maximum atomic E-state index is 13.6. The lowest BCUT2D eigenvalue weighted by molar-refractivity contribution is 0.0737. The van der Waals surface area contributed by atoms with Gasteiger partial charge in [0.25, 0.3) is 5.91 Å². The van der Waals surface area contributed by atoms with Gasteiger partial charge in [-0.15, -0.1) is 0 Å². The minimum absolute atomic E-state index is 0.0904. The Morgan fingerprint density at radius 2 is 1.84 bits per heavy atom. The molecule has 168 valence electrons. The Bertz CT molecular complexity index is 1080. The molecule has 2 aliphatic rings. The number of hydrogen-bond donors (Lipinski definition) is 2. The van der Waals surface area contributed by atoms with Gasteiger partial charge < -0.3 is 10.2 Å². The molecule has 1 aliphatic heterocycles. The zero-order valence-corrected chi connectivity index (χ0v) is 19.0. The quantitative estimate of drug-likeness (QED) is 0.624. The SMILES string of the molecule is Cc1ccc(-c2cc(C(=O)N3CCNCC3)c3c(CCC4CCCCC4)[nH]nc3n2)cc1. The maximum absolute atomic E-state index is 13.6. The van der Waals surface area contributed by atoms with Crippen LogP contribution in [0.25, 0.3) is 22.3 Å². The minimum Gasteiger partial charge on any atom is -0.336 e. The zero-order valence-electron chi connectivity index (χ0n) is 19.0. The monoisotopic (exact) mass is 431 g/mol. The zero-order chi connectivity index (χ0) is 21.9. The van der Waals surface area contributed by atoms with Crippen molar-refractivity contribution in [2.45, 2.75) is 51.9 Å². The number of aromatic nitrogens is 3. The van der Waals surface area contributed by atoms with Crippen LogP contribution < -0.4 is 5.32 Å². The van der Waals surface area contributed by atoms with Crippen LogP contribution in [0.5, 0.6) is 0 Å². The summed E-state index contributed by atoms with van der Waals surface area (Å²) in [5, 5.41) is 12.1. The largest absolute Gasteiger partial charge is 0.336 e. The van der Waals surface area contributed by atoms with Crippen molar-refractivity contribution in [2.75, 3.05) is 26.2 Å². The molecule has 6 nitrogen and oxygen atoms in total. The first-order chi connectivity index (χ1) is 15.7. The highest BCUT2D eigenvalue weighted by molar-refractivity contribution is 6.07. The van der Waals surface area contributed by atoms with Gasteiger partial charge in [0.05, 0.1) is 16.6 Å². The van der Waals surface area contributed by atoms with Gasteiger partial charge in [0.1, 0.15) is 0 Å². The van der Waals surface area contributed by atoms with Crippen LogP contribution in [0.15, 0.2) is 30.3 Å². The number of carbonyl (C=O) groups is 1. The van der Waals surface area contributed by atoms with Crippen LogP contribution in [0.3, 0.4) is 0 Å². The van der Waals surface area contributed by atoms with Crippen LogP contribution in [-0.4, -0.2) is 52.2 Å². The van der Waals surface area contributed by atoms with Gasteiger partial charge in [-0.25, -0.2) is 4.98 Å². The van der Waals surface area contributed by atoms with Crippen LogP contribution in [0.4, 0.5) is 0 Å². The van der Waals surface area contributed by atoms with Crippen molar-refractivity contribution < 1.29 is 4.79 Å². The Balaban J connectivity index is 1.52. The number of pyridine rings is 1. The molecule has 1 aromatic carbocycles. The third-order valence-corrected chi connectivity index (χ3v) is 7.11. The molecule has 0 unspecified atom stereocenters. The van der Waals surface area contributed by atoms with E-state index in [-0.39, 0.29) is 5.91 Å². The van der Waals surface area contributed by atoms with Gasteiger partial charge in [0.15, 0.2) is 5.65 Å². The molecule has 5 rings (SSSR count). The lowest BCUT2D eigenvalue weighted by Crippen LogP contribution is -2.46. The molecular weight excluding hydrogens is 398 g/mol. The van der Waals surface area contributed by atoms with E-state index in [4.69, 9.17) is 4.98 Å². The summed E-state index contributed by atoms with van der Waals surface area (Å²) in [5.41, 5.74) is 5.48. The number of aryl methyl sites for hydroxylation is 2. The topological polar surface area (TPSA) is 73.9 Å². The van der Waals surface area contributed by atoms with Crippen molar-refractivity contribution >= 4 is 16.9 Å². The van der Waals surface area contributed by atoms with E-state index in [1.165, 1.54) is 37.7 Å². The Morgan fingerprint density at radius 3 is 2.59 bits per heavy atom. The third-order valence-electron chi connectivity index (χ3n) is 7.11. The van der Waals surface area contributed by atoms with Gasteiger partial charge in [0.2, 0.25) is 0 Å². The molecule has 3 heterocycles. The first-order valence-corrected chi connectivity index (χ1v) is 12.1. The number of nitrogens with zero attached hydrogens (tertiary/aromatic N) is 3. The maximum Gasteiger partial charge on any atom is 0.254 e. The fraction of sp³-hybridized carbons (Fsp3) is 0.500. The highest BCUT2D eigenvalue weighted by Gasteiger charge is 2.25. The number of fused-ring (bicyclic) bond motifs is 1. The van der Waals surface area contributed by atoms with Crippen molar-refractivity contribution in [3.63, 3.8) is 0 Å². The van der Waals surface area contributed by atoms with Crippen molar-refractivity contribution in [3.8, 4) is 11.3 Å². The van der Waals surface area contributed by atoms with Crippen molar-refractivity contribution in [1.82, 2.24) is 25.4 Å². The summed E-state index contributed by atoms with van der Waals surface area (Å²) in [4.78, 5) is 20.4. The summed E-state index contributed by atoms with van der Waals surface area (Å²) in [6.07, 6.45) is 8.81. The van der Waals surface area contributed by atoms with Crippen molar-refractivity contribution in [3.05, 3.63) is 47.2 Å². The summed E-state index contributed by atoms with van der Waals surface area (Å²) in [6, 6.07) is 10.3. The predicted octanol–water partition coefficient (Wildman–Crippen LogP) is 4.49. The fourth-order valence-electron chi connectivity index (χ4n) is 5.17. The summed E-state index contributed by atoms with van der Waals surface area (Å²) in [5.74, 6) is 0.877. The molecule has 2 fully saturated rings. The number of aromatic amines is 1. The molecule has 1 amide bonds.